The number of aryl methyl sites for hydroxylation is 1. The lowest BCUT2D eigenvalue weighted by Gasteiger charge is -2.08. The smallest absolute Gasteiger partial charge is 0.223 e. The van der Waals surface area contributed by atoms with Crippen LogP contribution in [0.15, 0.2) is 53.7 Å². The molecule has 1 aromatic heterocycles. The number of hydrogen-bond donors (Lipinski definition) is 0. The summed E-state index contributed by atoms with van der Waals surface area (Å²) in [5.41, 5.74) is 1.25. The molecule has 0 radical (unpaired) electrons. The Labute approximate surface area is 146 Å². The molecule has 0 bridgehead atoms. The first-order valence-corrected chi connectivity index (χ1v) is 8.34. The number of rotatable bonds is 5. The monoisotopic (exact) mass is 362 g/mol. The number of halogens is 3. The van der Waals surface area contributed by atoms with Crippen LogP contribution in [0, 0.1) is 24.4 Å². The first-order chi connectivity index (χ1) is 12.0. The van der Waals surface area contributed by atoms with E-state index in [0.717, 1.165) is 12.1 Å². The van der Waals surface area contributed by atoms with Gasteiger partial charge in [0.25, 0.3) is 0 Å². The lowest BCUT2D eigenvalue weighted by molar-refractivity contribution is 0.421. The van der Waals surface area contributed by atoms with Gasteiger partial charge in [0, 0.05) is 17.5 Å². The van der Waals surface area contributed by atoms with Gasteiger partial charge in [0.05, 0.1) is 0 Å². The Bertz CT molecular complexity index is 905. The van der Waals surface area contributed by atoms with E-state index in [1.54, 1.807) is 25.1 Å². The van der Waals surface area contributed by atoms with E-state index in [0.29, 0.717) is 22.2 Å². The van der Waals surface area contributed by atoms with Crippen LogP contribution in [0.2, 0.25) is 0 Å². The fraction of sp³-hybridized carbons (Fsp3) is 0.111. The molecular weight excluding hydrogens is 349 g/mol. The first kappa shape index (κ1) is 17.3. The van der Waals surface area contributed by atoms with Crippen molar-refractivity contribution in [1.82, 2.24) is 9.97 Å². The fourth-order valence-corrected chi connectivity index (χ4v) is 2.89. The van der Waals surface area contributed by atoms with Crippen molar-refractivity contribution in [3.8, 4) is 11.6 Å². The Kier molecular flexibility index (Phi) is 5.23. The summed E-state index contributed by atoms with van der Waals surface area (Å²) in [6.45, 7) is 1.76. The minimum absolute atomic E-state index is 0.0668. The molecule has 0 aliphatic carbocycles. The molecule has 25 heavy (non-hydrogen) atoms. The molecule has 0 saturated heterocycles. The Morgan fingerprint density at radius 3 is 2.48 bits per heavy atom. The molecule has 0 N–H and O–H groups in total. The Morgan fingerprint density at radius 2 is 1.72 bits per heavy atom. The van der Waals surface area contributed by atoms with E-state index in [1.165, 1.54) is 30.0 Å². The van der Waals surface area contributed by atoms with Gasteiger partial charge in [-0.2, -0.15) is 4.98 Å². The van der Waals surface area contributed by atoms with E-state index in [-0.39, 0.29) is 11.6 Å². The highest BCUT2D eigenvalue weighted by Gasteiger charge is 2.09. The largest absolute Gasteiger partial charge is 0.436 e. The summed E-state index contributed by atoms with van der Waals surface area (Å²) in [5, 5.41) is 0.399. The van der Waals surface area contributed by atoms with Crippen LogP contribution in [0.25, 0.3) is 0 Å². The quantitative estimate of drug-likeness (QED) is 0.456. The maximum absolute atomic E-state index is 13.7. The van der Waals surface area contributed by atoms with Gasteiger partial charge in [-0.1, -0.05) is 30.0 Å². The van der Waals surface area contributed by atoms with Crippen molar-refractivity contribution >= 4 is 11.8 Å². The second kappa shape index (κ2) is 7.57. The van der Waals surface area contributed by atoms with Gasteiger partial charge >= 0.3 is 0 Å². The molecule has 0 fully saturated rings. The van der Waals surface area contributed by atoms with E-state index in [4.69, 9.17) is 4.74 Å². The summed E-state index contributed by atoms with van der Waals surface area (Å²) in [6.07, 6.45) is 0. The number of aromatic nitrogens is 2. The molecule has 0 saturated carbocycles. The van der Waals surface area contributed by atoms with E-state index in [1.807, 2.05) is 0 Å². The predicted octanol–water partition coefficient (Wildman–Crippen LogP) is 5.29. The number of hydrogen-bond acceptors (Lipinski definition) is 4. The third-order valence-electron chi connectivity index (χ3n) is 3.21. The maximum Gasteiger partial charge on any atom is 0.223 e. The molecule has 0 aliphatic rings. The molecule has 1 heterocycles. The standard InChI is InChI=1S/C18H13F3N2OS/c1-11-8-17(24-16-5-3-2-4-14(16)20)23-18(22-11)25-10-12-6-7-13(19)15(21)9-12/h2-9H,10H2,1H3. The van der Waals surface area contributed by atoms with Crippen molar-refractivity contribution in [1.29, 1.82) is 0 Å². The van der Waals surface area contributed by atoms with E-state index < -0.39 is 17.5 Å². The molecule has 0 amide bonds. The molecule has 0 unspecified atom stereocenters. The van der Waals surface area contributed by atoms with Crippen LogP contribution in [0.1, 0.15) is 11.3 Å². The van der Waals surface area contributed by atoms with Crippen LogP contribution < -0.4 is 4.74 Å². The van der Waals surface area contributed by atoms with E-state index in [2.05, 4.69) is 9.97 Å². The lowest BCUT2D eigenvalue weighted by Crippen LogP contribution is -1.96. The number of para-hydroxylation sites is 1. The van der Waals surface area contributed by atoms with Gasteiger partial charge in [0.15, 0.2) is 28.4 Å². The number of ether oxygens (including phenoxy) is 1. The normalized spacial score (nSPS) is 10.7. The van der Waals surface area contributed by atoms with Crippen molar-refractivity contribution in [2.75, 3.05) is 0 Å². The molecule has 3 aromatic rings. The highest BCUT2D eigenvalue weighted by Crippen LogP contribution is 2.26. The fourth-order valence-electron chi connectivity index (χ4n) is 2.05. The van der Waals surface area contributed by atoms with Gasteiger partial charge in [0.2, 0.25) is 5.88 Å². The summed E-state index contributed by atoms with van der Waals surface area (Å²) in [5.74, 6) is -1.63. The number of thioether (sulfide) groups is 1. The molecule has 3 rings (SSSR count). The Morgan fingerprint density at radius 1 is 0.920 bits per heavy atom. The molecule has 7 heteroatoms. The van der Waals surface area contributed by atoms with Gasteiger partial charge in [-0.3, -0.25) is 0 Å². The summed E-state index contributed by atoms with van der Waals surface area (Å²) < 4.78 is 45.3. The van der Waals surface area contributed by atoms with Gasteiger partial charge in [-0.05, 0) is 36.8 Å². The first-order valence-electron chi connectivity index (χ1n) is 7.36. The molecule has 3 nitrogen and oxygen atoms in total. The number of nitrogens with zero attached hydrogens (tertiary/aromatic N) is 2. The molecule has 0 atom stereocenters. The van der Waals surface area contributed by atoms with E-state index >= 15 is 0 Å². The lowest BCUT2D eigenvalue weighted by atomic mass is 10.2. The van der Waals surface area contributed by atoms with Crippen LogP contribution >= 0.6 is 11.8 Å². The van der Waals surface area contributed by atoms with Gasteiger partial charge < -0.3 is 4.74 Å². The highest BCUT2D eigenvalue weighted by atomic mass is 32.2. The summed E-state index contributed by atoms with van der Waals surface area (Å²) in [7, 11) is 0. The van der Waals surface area contributed by atoms with Crippen molar-refractivity contribution < 1.29 is 17.9 Å². The summed E-state index contributed by atoms with van der Waals surface area (Å²) in [4.78, 5) is 8.48. The third kappa shape index (κ3) is 4.51. The SMILES string of the molecule is Cc1cc(Oc2ccccc2F)nc(SCc2ccc(F)c(F)c2)n1. The highest BCUT2D eigenvalue weighted by molar-refractivity contribution is 7.98. The third-order valence-corrected chi connectivity index (χ3v) is 4.13. The minimum atomic E-state index is -0.896. The topological polar surface area (TPSA) is 35.0 Å². The maximum atomic E-state index is 13.7. The van der Waals surface area contributed by atoms with Gasteiger partial charge in [0.1, 0.15) is 0 Å². The zero-order chi connectivity index (χ0) is 17.8. The molecule has 2 aromatic carbocycles. The number of benzene rings is 2. The molecule has 128 valence electrons. The zero-order valence-electron chi connectivity index (χ0n) is 13.2. The molecule has 0 aliphatic heterocycles. The average Bonchev–Trinajstić information content (AvgIpc) is 2.58. The van der Waals surface area contributed by atoms with Crippen molar-refractivity contribution in [2.45, 2.75) is 17.8 Å². The van der Waals surface area contributed by atoms with Crippen LogP contribution in [0.4, 0.5) is 13.2 Å². The van der Waals surface area contributed by atoms with Crippen LogP contribution in [0.5, 0.6) is 11.6 Å². The van der Waals surface area contributed by atoms with Gasteiger partial charge in [-0.25, -0.2) is 18.2 Å². The van der Waals surface area contributed by atoms with Gasteiger partial charge in [-0.15, -0.1) is 0 Å². The zero-order valence-corrected chi connectivity index (χ0v) is 14.0. The summed E-state index contributed by atoms with van der Waals surface area (Å²) in [6, 6.07) is 11.3. The second-order valence-corrected chi connectivity index (χ2v) is 6.14. The van der Waals surface area contributed by atoms with Crippen LogP contribution in [0.3, 0.4) is 0 Å². The van der Waals surface area contributed by atoms with Crippen LogP contribution in [-0.2, 0) is 5.75 Å². The van der Waals surface area contributed by atoms with Crippen molar-refractivity contribution in [3.63, 3.8) is 0 Å². The second-order valence-electron chi connectivity index (χ2n) is 5.20. The molecule has 0 spiro atoms. The molecular formula is C18H13F3N2OS. The van der Waals surface area contributed by atoms with Crippen molar-refractivity contribution in [2.24, 2.45) is 0 Å². The average molecular weight is 362 g/mol. The van der Waals surface area contributed by atoms with Crippen LogP contribution in [-0.4, -0.2) is 9.97 Å². The van der Waals surface area contributed by atoms with E-state index in [9.17, 15) is 13.2 Å². The summed E-state index contributed by atoms with van der Waals surface area (Å²) >= 11 is 1.25. The minimum Gasteiger partial charge on any atom is -0.436 e. The Hall–Kier alpha value is -2.54. The Balaban J connectivity index is 1.75. The van der Waals surface area contributed by atoms with Crippen molar-refractivity contribution in [3.05, 3.63) is 77.2 Å². The predicted molar refractivity (Wildman–Crippen MR) is 89.2 cm³/mol.